The second kappa shape index (κ2) is 3.49. The van der Waals surface area contributed by atoms with Crippen LogP contribution in [0.1, 0.15) is 24.3 Å². The molecule has 12 heavy (non-hydrogen) atoms. The van der Waals surface area contributed by atoms with Crippen molar-refractivity contribution < 1.29 is 0 Å². The van der Waals surface area contributed by atoms with Crippen LogP contribution in [-0.4, -0.2) is 5.88 Å². The van der Waals surface area contributed by atoms with Crippen molar-refractivity contribution in [2.45, 2.75) is 18.8 Å². The summed E-state index contributed by atoms with van der Waals surface area (Å²) in [5, 5.41) is 0. The SMILES string of the molecule is ClCCC1CC1c1ccccc1. The van der Waals surface area contributed by atoms with E-state index in [0.717, 1.165) is 17.7 Å². The molecule has 1 aromatic carbocycles. The molecule has 1 heteroatoms. The Hall–Kier alpha value is -0.490. The maximum Gasteiger partial charge on any atom is 0.0226 e. The first-order valence-electron chi connectivity index (χ1n) is 4.52. The monoisotopic (exact) mass is 180 g/mol. The van der Waals surface area contributed by atoms with E-state index in [0.29, 0.717) is 0 Å². The van der Waals surface area contributed by atoms with Crippen LogP contribution in [0.2, 0.25) is 0 Å². The van der Waals surface area contributed by atoms with Gasteiger partial charge < -0.3 is 0 Å². The third kappa shape index (κ3) is 1.64. The number of benzene rings is 1. The van der Waals surface area contributed by atoms with Crippen molar-refractivity contribution in [2.75, 3.05) is 5.88 Å². The van der Waals surface area contributed by atoms with Gasteiger partial charge in [0.15, 0.2) is 0 Å². The molecule has 64 valence electrons. The number of alkyl halides is 1. The molecule has 2 rings (SSSR count). The van der Waals surface area contributed by atoms with Gasteiger partial charge in [0.05, 0.1) is 0 Å². The van der Waals surface area contributed by atoms with E-state index in [2.05, 4.69) is 30.3 Å². The molecule has 0 radical (unpaired) electrons. The molecule has 0 bridgehead atoms. The summed E-state index contributed by atoms with van der Waals surface area (Å²) in [6, 6.07) is 10.7. The molecule has 0 heterocycles. The van der Waals surface area contributed by atoms with Gasteiger partial charge in [0, 0.05) is 5.88 Å². The zero-order valence-electron chi connectivity index (χ0n) is 7.04. The predicted molar refractivity (Wildman–Crippen MR) is 52.6 cm³/mol. The molecular formula is C11H13Cl. The number of hydrogen-bond acceptors (Lipinski definition) is 0. The van der Waals surface area contributed by atoms with E-state index in [1.54, 1.807) is 0 Å². The quantitative estimate of drug-likeness (QED) is 0.626. The van der Waals surface area contributed by atoms with Gasteiger partial charge in [0.2, 0.25) is 0 Å². The van der Waals surface area contributed by atoms with Crippen LogP contribution in [0.5, 0.6) is 0 Å². The van der Waals surface area contributed by atoms with Crippen molar-refractivity contribution in [3.05, 3.63) is 35.9 Å². The molecule has 1 aromatic rings. The lowest BCUT2D eigenvalue weighted by atomic mass is 10.1. The van der Waals surface area contributed by atoms with Crippen molar-refractivity contribution in [1.82, 2.24) is 0 Å². The van der Waals surface area contributed by atoms with Gasteiger partial charge in [-0.15, -0.1) is 11.6 Å². The molecule has 0 aliphatic heterocycles. The highest BCUT2D eigenvalue weighted by Crippen LogP contribution is 2.49. The highest BCUT2D eigenvalue weighted by molar-refractivity contribution is 6.17. The first kappa shape index (κ1) is 8.12. The summed E-state index contributed by atoms with van der Waals surface area (Å²) in [6.07, 6.45) is 2.53. The lowest BCUT2D eigenvalue weighted by molar-refractivity contribution is 0.771. The van der Waals surface area contributed by atoms with Gasteiger partial charge in [-0.2, -0.15) is 0 Å². The average molecular weight is 181 g/mol. The fraction of sp³-hybridized carbons (Fsp3) is 0.455. The van der Waals surface area contributed by atoms with Crippen LogP contribution in [0.4, 0.5) is 0 Å². The van der Waals surface area contributed by atoms with Crippen molar-refractivity contribution in [1.29, 1.82) is 0 Å². The molecule has 1 saturated carbocycles. The van der Waals surface area contributed by atoms with E-state index in [9.17, 15) is 0 Å². The Balaban J connectivity index is 1.97. The molecule has 0 amide bonds. The Labute approximate surface area is 78.6 Å². The first-order chi connectivity index (χ1) is 5.92. The van der Waals surface area contributed by atoms with Gasteiger partial charge in [-0.05, 0) is 30.2 Å². The zero-order chi connectivity index (χ0) is 8.39. The molecule has 0 N–H and O–H groups in total. The Morgan fingerprint density at radius 3 is 2.67 bits per heavy atom. The standard InChI is InChI=1S/C11H13Cl/c12-7-6-10-8-11(10)9-4-2-1-3-5-9/h1-5,10-11H,6-8H2. The molecule has 1 fully saturated rings. The summed E-state index contributed by atoms with van der Waals surface area (Å²) in [5.74, 6) is 2.49. The zero-order valence-corrected chi connectivity index (χ0v) is 7.80. The lowest BCUT2D eigenvalue weighted by Gasteiger charge is -1.97. The minimum absolute atomic E-state index is 0.810. The second-order valence-electron chi connectivity index (χ2n) is 3.49. The summed E-state index contributed by atoms with van der Waals surface area (Å²) in [5.41, 5.74) is 1.49. The van der Waals surface area contributed by atoms with Crippen molar-refractivity contribution in [3.63, 3.8) is 0 Å². The smallest absolute Gasteiger partial charge is 0.0226 e. The predicted octanol–water partition coefficient (Wildman–Crippen LogP) is 3.42. The van der Waals surface area contributed by atoms with Gasteiger partial charge in [0.25, 0.3) is 0 Å². The van der Waals surface area contributed by atoms with E-state index < -0.39 is 0 Å². The molecule has 0 spiro atoms. The van der Waals surface area contributed by atoms with E-state index in [4.69, 9.17) is 11.6 Å². The molecule has 0 nitrogen and oxygen atoms in total. The van der Waals surface area contributed by atoms with Crippen LogP contribution in [0.15, 0.2) is 30.3 Å². The van der Waals surface area contributed by atoms with E-state index >= 15 is 0 Å². The summed E-state index contributed by atoms with van der Waals surface area (Å²) >= 11 is 5.69. The largest absolute Gasteiger partial charge is 0.127 e. The highest BCUT2D eigenvalue weighted by atomic mass is 35.5. The van der Waals surface area contributed by atoms with Gasteiger partial charge >= 0.3 is 0 Å². The van der Waals surface area contributed by atoms with Gasteiger partial charge in [-0.25, -0.2) is 0 Å². The Morgan fingerprint density at radius 2 is 2.00 bits per heavy atom. The van der Waals surface area contributed by atoms with Crippen LogP contribution >= 0.6 is 11.6 Å². The van der Waals surface area contributed by atoms with E-state index in [-0.39, 0.29) is 0 Å². The minimum Gasteiger partial charge on any atom is -0.127 e. The molecule has 2 atom stereocenters. The van der Waals surface area contributed by atoms with E-state index in [1.165, 1.54) is 18.4 Å². The third-order valence-electron chi connectivity index (χ3n) is 2.63. The van der Waals surface area contributed by atoms with Gasteiger partial charge in [-0.1, -0.05) is 30.3 Å². The summed E-state index contributed by atoms with van der Waals surface area (Å²) in [6.45, 7) is 0. The number of rotatable bonds is 3. The molecule has 2 unspecified atom stereocenters. The summed E-state index contributed by atoms with van der Waals surface area (Å²) in [7, 11) is 0. The lowest BCUT2D eigenvalue weighted by Crippen LogP contribution is -1.83. The van der Waals surface area contributed by atoms with Crippen LogP contribution < -0.4 is 0 Å². The Morgan fingerprint density at radius 1 is 1.25 bits per heavy atom. The molecular weight excluding hydrogens is 168 g/mol. The maximum atomic E-state index is 5.69. The van der Waals surface area contributed by atoms with Gasteiger partial charge in [0.1, 0.15) is 0 Å². The third-order valence-corrected chi connectivity index (χ3v) is 2.85. The van der Waals surface area contributed by atoms with Crippen molar-refractivity contribution in [3.8, 4) is 0 Å². The van der Waals surface area contributed by atoms with Crippen LogP contribution in [-0.2, 0) is 0 Å². The maximum absolute atomic E-state index is 5.69. The summed E-state index contributed by atoms with van der Waals surface area (Å²) in [4.78, 5) is 0. The average Bonchev–Trinajstić information content (AvgIpc) is 2.87. The second-order valence-corrected chi connectivity index (χ2v) is 3.87. The topological polar surface area (TPSA) is 0 Å². The van der Waals surface area contributed by atoms with Crippen molar-refractivity contribution in [2.24, 2.45) is 5.92 Å². The van der Waals surface area contributed by atoms with Crippen LogP contribution in [0, 0.1) is 5.92 Å². The van der Waals surface area contributed by atoms with E-state index in [1.807, 2.05) is 0 Å². The molecule has 0 saturated heterocycles. The van der Waals surface area contributed by atoms with Gasteiger partial charge in [-0.3, -0.25) is 0 Å². The highest BCUT2D eigenvalue weighted by Gasteiger charge is 2.36. The number of halogens is 1. The first-order valence-corrected chi connectivity index (χ1v) is 5.06. The van der Waals surface area contributed by atoms with Crippen molar-refractivity contribution >= 4 is 11.6 Å². The minimum atomic E-state index is 0.810. The number of hydrogen-bond donors (Lipinski definition) is 0. The Kier molecular flexibility index (Phi) is 2.36. The molecule has 1 aliphatic carbocycles. The van der Waals surface area contributed by atoms with Crippen LogP contribution in [0.25, 0.3) is 0 Å². The Bertz CT molecular complexity index is 242. The fourth-order valence-corrected chi connectivity index (χ4v) is 2.10. The fourth-order valence-electron chi connectivity index (χ4n) is 1.82. The summed E-state index contributed by atoms with van der Waals surface area (Å²) < 4.78 is 0. The normalized spacial score (nSPS) is 27.1. The molecule has 1 aliphatic rings. The molecule has 0 aromatic heterocycles. The van der Waals surface area contributed by atoms with Crippen LogP contribution in [0.3, 0.4) is 0 Å².